The van der Waals surface area contributed by atoms with Gasteiger partial charge in [-0.2, -0.15) is 5.10 Å². The van der Waals surface area contributed by atoms with E-state index in [-0.39, 0.29) is 24.2 Å². The predicted molar refractivity (Wildman–Crippen MR) is 83.7 cm³/mol. The molecule has 1 heterocycles. The molecule has 2 aromatic rings. The lowest BCUT2D eigenvalue weighted by Gasteiger charge is -2.14. The van der Waals surface area contributed by atoms with E-state index in [1.807, 2.05) is 27.0 Å². The van der Waals surface area contributed by atoms with Gasteiger partial charge in [0.25, 0.3) is 0 Å². The van der Waals surface area contributed by atoms with Gasteiger partial charge in [-0.05, 0) is 47.8 Å². The maximum absolute atomic E-state index is 14.0. The predicted octanol–water partition coefficient (Wildman–Crippen LogP) is 3.10. The number of aryl methyl sites for hydroxylation is 2. The normalized spacial score (nSPS) is 12.5. The smallest absolute Gasteiger partial charge is 0.165 e. The lowest BCUT2D eigenvalue weighted by atomic mass is 10.1. The van der Waals surface area contributed by atoms with Crippen molar-refractivity contribution >= 4 is 15.9 Å². The average Bonchev–Trinajstić information content (AvgIpc) is 2.63. The second kappa shape index (κ2) is 6.58. The highest BCUT2D eigenvalue weighted by molar-refractivity contribution is 9.10. The molecule has 0 aliphatic rings. The second-order valence-corrected chi connectivity index (χ2v) is 5.96. The first kappa shape index (κ1) is 16.0. The number of para-hydroxylation sites is 1. The molecule has 0 saturated heterocycles. The first-order chi connectivity index (χ1) is 9.90. The molecule has 0 spiro atoms. The molecule has 0 aliphatic heterocycles. The summed E-state index contributed by atoms with van der Waals surface area (Å²) in [6.07, 6.45) is 0.568. The molecule has 4 nitrogen and oxygen atoms in total. The van der Waals surface area contributed by atoms with Crippen molar-refractivity contribution < 1.29 is 9.13 Å². The van der Waals surface area contributed by atoms with Crippen LogP contribution in [0, 0.1) is 12.7 Å². The molecular formula is C15H19BrFN3O. The third-order valence-corrected chi connectivity index (χ3v) is 4.24. The zero-order valence-corrected chi connectivity index (χ0v) is 13.9. The molecule has 2 N–H and O–H groups in total. The number of hydrogen-bond acceptors (Lipinski definition) is 3. The molecule has 1 atom stereocenters. The molecule has 0 radical (unpaired) electrons. The molecule has 21 heavy (non-hydrogen) atoms. The first-order valence-corrected chi connectivity index (χ1v) is 7.53. The van der Waals surface area contributed by atoms with Crippen molar-refractivity contribution in [2.24, 2.45) is 12.8 Å². The molecule has 6 heteroatoms. The van der Waals surface area contributed by atoms with Crippen LogP contribution in [-0.4, -0.2) is 15.8 Å². The van der Waals surface area contributed by atoms with Gasteiger partial charge in [0.1, 0.15) is 6.61 Å². The Morgan fingerprint density at radius 3 is 2.76 bits per heavy atom. The summed E-state index contributed by atoms with van der Waals surface area (Å²) in [5.74, 6) is -0.108. The Kier molecular flexibility index (Phi) is 5.00. The van der Waals surface area contributed by atoms with Gasteiger partial charge in [0.2, 0.25) is 0 Å². The summed E-state index contributed by atoms with van der Waals surface area (Å²) < 4.78 is 22.3. The SMILES string of the molecule is Cc1nn(C)c(COc2c(F)cccc2CC(C)N)c1Br. The Morgan fingerprint density at radius 1 is 1.48 bits per heavy atom. The number of rotatable bonds is 5. The van der Waals surface area contributed by atoms with Crippen LogP contribution < -0.4 is 10.5 Å². The van der Waals surface area contributed by atoms with Crippen LogP contribution in [0.2, 0.25) is 0 Å². The number of halogens is 2. The van der Waals surface area contributed by atoms with Crippen LogP contribution in [0.15, 0.2) is 22.7 Å². The third-order valence-electron chi connectivity index (χ3n) is 3.21. The van der Waals surface area contributed by atoms with E-state index < -0.39 is 0 Å². The van der Waals surface area contributed by atoms with Crippen molar-refractivity contribution in [2.75, 3.05) is 0 Å². The summed E-state index contributed by atoms with van der Waals surface area (Å²) in [5, 5.41) is 4.29. The fourth-order valence-corrected chi connectivity index (χ4v) is 2.65. The maximum Gasteiger partial charge on any atom is 0.165 e. The number of nitrogens with zero attached hydrogens (tertiary/aromatic N) is 2. The Morgan fingerprint density at radius 2 is 2.19 bits per heavy atom. The second-order valence-electron chi connectivity index (χ2n) is 5.17. The van der Waals surface area contributed by atoms with E-state index in [4.69, 9.17) is 10.5 Å². The van der Waals surface area contributed by atoms with Crippen LogP contribution in [-0.2, 0) is 20.1 Å². The number of ether oxygens (including phenoxy) is 1. The molecule has 0 bridgehead atoms. The molecule has 0 saturated carbocycles. The Bertz CT molecular complexity index is 640. The van der Waals surface area contributed by atoms with Crippen molar-refractivity contribution in [1.29, 1.82) is 0 Å². The van der Waals surface area contributed by atoms with E-state index >= 15 is 0 Å². The van der Waals surface area contributed by atoms with Gasteiger partial charge in [0.15, 0.2) is 11.6 Å². The fraction of sp³-hybridized carbons (Fsp3) is 0.400. The largest absolute Gasteiger partial charge is 0.484 e. The molecule has 0 fully saturated rings. The van der Waals surface area contributed by atoms with E-state index in [2.05, 4.69) is 21.0 Å². The van der Waals surface area contributed by atoms with Crippen LogP contribution in [0.3, 0.4) is 0 Å². The number of aromatic nitrogens is 2. The van der Waals surface area contributed by atoms with Gasteiger partial charge in [0, 0.05) is 13.1 Å². The van der Waals surface area contributed by atoms with Crippen molar-refractivity contribution in [3.05, 3.63) is 45.4 Å². The van der Waals surface area contributed by atoms with E-state index in [9.17, 15) is 4.39 Å². The lowest BCUT2D eigenvalue weighted by molar-refractivity contribution is 0.276. The minimum absolute atomic E-state index is 0.0557. The highest BCUT2D eigenvalue weighted by Gasteiger charge is 2.15. The summed E-state index contributed by atoms with van der Waals surface area (Å²) in [4.78, 5) is 0. The average molecular weight is 356 g/mol. The molecule has 0 amide bonds. The van der Waals surface area contributed by atoms with E-state index in [0.29, 0.717) is 6.42 Å². The van der Waals surface area contributed by atoms with E-state index in [0.717, 1.165) is 21.4 Å². The third kappa shape index (κ3) is 3.63. The Labute approximate surface area is 132 Å². The van der Waals surface area contributed by atoms with Gasteiger partial charge >= 0.3 is 0 Å². The summed E-state index contributed by atoms with van der Waals surface area (Å²) in [5.41, 5.74) is 8.32. The zero-order valence-electron chi connectivity index (χ0n) is 12.4. The van der Waals surface area contributed by atoms with Crippen molar-refractivity contribution in [3.8, 4) is 5.75 Å². The lowest BCUT2D eigenvalue weighted by Crippen LogP contribution is -2.18. The molecular weight excluding hydrogens is 337 g/mol. The molecule has 114 valence electrons. The van der Waals surface area contributed by atoms with Gasteiger partial charge in [-0.1, -0.05) is 12.1 Å². The number of nitrogens with two attached hydrogens (primary N) is 1. The van der Waals surface area contributed by atoms with E-state index in [1.54, 1.807) is 10.7 Å². The van der Waals surface area contributed by atoms with Gasteiger partial charge in [-0.3, -0.25) is 4.68 Å². The molecule has 1 aromatic carbocycles. The van der Waals surface area contributed by atoms with Crippen LogP contribution >= 0.6 is 15.9 Å². The molecule has 1 aromatic heterocycles. The highest BCUT2D eigenvalue weighted by atomic mass is 79.9. The minimum atomic E-state index is -0.372. The van der Waals surface area contributed by atoms with Crippen molar-refractivity contribution in [3.63, 3.8) is 0 Å². The highest BCUT2D eigenvalue weighted by Crippen LogP contribution is 2.27. The Balaban J connectivity index is 2.23. The van der Waals surface area contributed by atoms with Crippen LogP contribution in [0.25, 0.3) is 0 Å². The topological polar surface area (TPSA) is 53.1 Å². The molecule has 1 unspecified atom stereocenters. The van der Waals surface area contributed by atoms with Crippen molar-refractivity contribution in [2.45, 2.75) is 32.9 Å². The van der Waals surface area contributed by atoms with E-state index in [1.165, 1.54) is 6.07 Å². The van der Waals surface area contributed by atoms with Gasteiger partial charge < -0.3 is 10.5 Å². The quantitative estimate of drug-likeness (QED) is 0.896. The molecule has 0 aliphatic carbocycles. The van der Waals surface area contributed by atoms with Crippen LogP contribution in [0.4, 0.5) is 4.39 Å². The zero-order chi connectivity index (χ0) is 15.6. The number of benzene rings is 1. The fourth-order valence-electron chi connectivity index (χ4n) is 2.20. The summed E-state index contributed by atoms with van der Waals surface area (Å²) in [7, 11) is 1.83. The number of hydrogen-bond donors (Lipinski definition) is 1. The van der Waals surface area contributed by atoms with Crippen molar-refractivity contribution in [1.82, 2.24) is 9.78 Å². The molecule has 2 rings (SSSR count). The van der Waals surface area contributed by atoms with Crippen LogP contribution in [0.1, 0.15) is 23.9 Å². The summed E-state index contributed by atoms with van der Waals surface area (Å²) >= 11 is 3.47. The monoisotopic (exact) mass is 355 g/mol. The maximum atomic E-state index is 14.0. The van der Waals surface area contributed by atoms with Gasteiger partial charge in [-0.25, -0.2) is 4.39 Å². The minimum Gasteiger partial charge on any atom is -0.484 e. The van der Waals surface area contributed by atoms with Gasteiger partial charge in [0.05, 0.1) is 15.9 Å². The standard InChI is InChI=1S/C15H19BrFN3O/c1-9(18)7-11-5-4-6-12(17)15(11)21-8-13-14(16)10(2)19-20(13)3/h4-6,9H,7-8,18H2,1-3H3. The summed E-state index contributed by atoms with van der Waals surface area (Å²) in [6, 6.07) is 4.85. The van der Waals surface area contributed by atoms with Crippen LogP contribution in [0.5, 0.6) is 5.75 Å². The summed E-state index contributed by atoms with van der Waals surface area (Å²) in [6.45, 7) is 4.03. The van der Waals surface area contributed by atoms with Gasteiger partial charge in [-0.15, -0.1) is 0 Å². The first-order valence-electron chi connectivity index (χ1n) is 6.74. The Hall–Kier alpha value is -1.40.